The van der Waals surface area contributed by atoms with Gasteiger partial charge in [0.1, 0.15) is 5.82 Å². The number of aliphatic hydroxyl groups is 1. The van der Waals surface area contributed by atoms with E-state index in [1.165, 1.54) is 13.8 Å². The van der Waals surface area contributed by atoms with Gasteiger partial charge in [0, 0.05) is 6.07 Å². The number of aromatic nitrogens is 2. The maximum Gasteiger partial charge on any atom is 0.433 e. The molecule has 0 unspecified atom stereocenters. The second-order valence-corrected chi connectivity index (χ2v) is 5.41. The molecular formula is C11H18F3N5O. The summed E-state index contributed by atoms with van der Waals surface area (Å²) in [6.07, 6.45) is -4.62. The van der Waals surface area contributed by atoms with Crippen molar-refractivity contribution in [1.29, 1.82) is 0 Å². The minimum absolute atomic E-state index is 0.0904. The first kappa shape index (κ1) is 16.4. The highest BCUT2D eigenvalue weighted by Crippen LogP contribution is 2.31. The summed E-state index contributed by atoms with van der Waals surface area (Å²) in [5.74, 6) is 4.60. The van der Waals surface area contributed by atoms with Gasteiger partial charge in [0.15, 0.2) is 5.69 Å². The molecule has 1 aromatic rings. The average Bonchev–Trinajstić information content (AvgIpc) is 2.25. The Labute approximate surface area is 114 Å². The van der Waals surface area contributed by atoms with Gasteiger partial charge in [-0.3, -0.25) is 5.43 Å². The Kier molecular flexibility index (Phi) is 4.16. The van der Waals surface area contributed by atoms with Crippen molar-refractivity contribution >= 4 is 11.8 Å². The van der Waals surface area contributed by atoms with Crippen LogP contribution in [-0.4, -0.2) is 26.2 Å². The van der Waals surface area contributed by atoms with E-state index < -0.39 is 23.0 Å². The first-order chi connectivity index (χ1) is 8.87. The molecule has 1 aromatic heterocycles. The topological polar surface area (TPSA) is 96.1 Å². The summed E-state index contributed by atoms with van der Waals surface area (Å²) in [6, 6.07) is 0.758. The van der Waals surface area contributed by atoms with Crippen LogP contribution < -0.4 is 16.6 Å². The van der Waals surface area contributed by atoms with Gasteiger partial charge in [-0.25, -0.2) is 10.8 Å². The fourth-order valence-electron chi connectivity index (χ4n) is 1.19. The van der Waals surface area contributed by atoms with Crippen LogP contribution in [0, 0.1) is 0 Å². The van der Waals surface area contributed by atoms with Crippen molar-refractivity contribution < 1.29 is 18.3 Å². The summed E-state index contributed by atoms with van der Waals surface area (Å²) < 4.78 is 38.1. The molecule has 0 aliphatic rings. The van der Waals surface area contributed by atoms with Crippen LogP contribution in [0.2, 0.25) is 0 Å². The lowest BCUT2D eigenvalue weighted by atomic mass is 9.86. The highest BCUT2D eigenvalue weighted by atomic mass is 19.4. The SMILES string of the molecule is CC(C)(O)C(C)(C)Nc1cc(C(F)(F)F)nc(NN)n1. The molecule has 1 heterocycles. The molecule has 0 radical (unpaired) electrons. The maximum absolute atomic E-state index is 12.7. The minimum Gasteiger partial charge on any atom is -0.388 e. The van der Waals surface area contributed by atoms with Crippen molar-refractivity contribution in [3.63, 3.8) is 0 Å². The lowest BCUT2D eigenvalue weighted by Crippen LogP contribution is -2.51. The molecule has 0 fully saturated rings. The van der Waals surface area contributed by atoms with E-state index in [4.69, 9.17) is 5.84 Å². The molecule has 0 aliphatic heterocycles. The summed E-state index contributed by atoms with van der Waals surface area (Å²) in [5.41, 5.74) is -1.26. The molecular weight excluding hydrogens is 275 g/mol. The third-order valence-electron chi connectivity index (χ3n) is 3.12. The molecule has 0 bridgehead atoms. The Bertz CT molecular complexity index is 482. The molecule has 0 aromatic carbocycles. The fraction of sp³-hybridized carbons (Fsp3) is 0.636. The predicted octanol–water partition coefficient (Wildman–Crippen LogP) is 1.74. The largest absolute Gasteiger partial charge is 0.433 e. The molecule has 0 amide bonds. The first-order valence-electron chi connectivity index (χ1n) is 5.80. The lowest BCUT2D eigenvalue weighted by Gasteiger charge is -2.38. The third-order valence-corrected chi connectivity index (χ3v) is 3.12. The summed E-state index contributed by atoms with van der Waals surface area (Å²) in [7, 11) is 0. The molecule has 20 heavy (non-hydrogen) atoms. The Morgan fingerprint density at radius 2 is 1.70 bits per heavy atom. The molecule has 6 nitrogen and oxygen atoms in total. The average molecular weight is 293 g/mol. The second kappa shape index (κ2) is 5.06. The number of hydrogen-bond donors (Lipinski definition) is 4. The monoisotopic (exact) mass is 293 g/mol. The van der Waals surface area contributed by atoms with Crippen molar-refractivity contribution in [2.24, 2.45) is 5.84 Å². The van der Waals surface area contributed by atoms with Crippen molar-refractivity contribution in [2.45, 2.75) is 45.0 Å². The van der Waals surface area contributed by atoms with Crippen LogP contribution in [0.4, 0.5) is 24.9 Å². The summed E-state index contributed by atoms with van der Waals surface area (Å²) in [6.45, 7) is 6.34. The number of hydrazine groups is 1. The molecule has 0 atom stereocenters. The Morgan fingerprint density at radius 1 is 1.15 bits per heavy atom. The minimum atomic E-state index is -4.62. The van der Waals surface area contributed by atoms with Gasteiger partial charge in [-0.15, -0.1) is 0 Å². The second-order valence-electron chi connectivity index (χ2n) is 5.41. The van der Waals surface area contributed by atoms with E-state index in [1.807, 2.05) is 5.43 Å². The Hall–Kier alpha value is -1.61. The predicted molar refractivity (Wildman–Crippen MR) is 68.8 cm³/mol. The summed E-state index contributed by atoms with van der Waals surface area (Å²) in [4.78, 5) is 7.04. The number of nitrogens with one attached hydrogen (secondary N) is 2. The molecule has 1 rings (SSSR count). The van der Waals surface area contributed by atoms with E-state index in [0.29, 0.717) is 0 Å². The number of anilines is 2. The maximum atomic E-state index is 12.7. The van der Waals surface area contributed by atoms with Gasteiger partial charge < -0.3 is 10.4 Å². The number of hydrogen-bond acceptors (Lipinski definition) is 6. The van der Waals surface area contributed by atoms with E-state index in [-0.39, 0.29) is 11.8 Å². The number of halogens is 3. The molecule has 9 heteroatoms. The molecule has 0 aliphatic carbocycles. The third kappa shape index (κ3) is 3.70. The van der Waals surface area contributed by atoms with Crippen LogP contribution in [0.3, 0.4) is 0 Å². The van der Waals surface area contributed by atoms with Crippen LogP contribution in [0.25, 0.3) is 0 Å². The Morgan fingerprint density at radius 3 is 2.10 bits per heavy atom. The van der Waals surface area contributed by atoms with Gasteiger partial charge in [-0.05, 0) is 27.7 Å². The van der Waals surface area contributed by atoms with E-state index in [2.05, 4.69) is 15.3 Å². The van der Waals surface area contributed by atoms with Gasteiger partial charge >= 0.3 is 6.18 Å². The number of alkyl halides is 3. The number of nitrogens with zero attached hydrogens (tertiary/aromatic N) is 2. The highest BCUT2D eigenvalue weighted by Gasteiger charge is 2.37. The van der Waals surface area contributed by atoms with Crippen LogP contribution in [0.5, 0.6) is 0 Å². The van der Waals surface area contributed by atoms with Gasteiger partial charge in [-0.2, -0.15) is 18.2 Å². The number of nitrogens with two attached hydrogens (primary N) is 1. The summed E-state index contributed by atoms with van der Waals surface area (Å²) >= 11 is 0. The molecule has 0 saturated heterocycles. The van der Waals surface area contributed by atoms with Crippen LogP contribution in [0.1, 0.15) is 33.4 Å². The highest BCUT2D eigenvalue weighted by molar-refractivity contribution is 5.45. The van der Waals surface area contributed by atoms with Crippen LogP contribution in [-0.2, 0) is 6.18 Å². The molecule has 0 spiro atoms. The van der Waals surface area contributed by atoms with Gasteiger partial charge in [0.05, 0.1) is 11.1 Å². The van der Waals surface area contributed by atoms with Crippen molar-refractivity contribution in [2.75, 3.05) is 10.7 Å². The normalized spacial score (nSPS) is 13.2. The van der Waals surface area contributed by atoms with Crippen LogP contribution >= 0.6 is 0 Å². The number of nitrogen functional groups attached to an aromatic ring is 1. The summed E-state index contributed by atoms with van der Waals surface area (Å²) in [5, 5.41) is 12.7. The molecule has 5 N–H and O–H groups in total. The first-order valence-corrected chi connectivity index (χ1v) is 5.80. The van der Waals surface area contributed by atoms with Crippen molar-refractivity contribution in [1.82, 2.24) is 9.97 Å². The Balaban J connectivity index is 3.20. The molecule has 114 valence electrons. The number of rotatable bonds is 4. The quantitative estimate of drug-likeness (QED) is 0.499. The van der Waals surface area contributed by atoms with Gasteiger partial charge in [0.2, 0.25) is 5.95 Å². The van der Waals surface area contributed by atoms with E-state index in [0.717, 1.165) is 6.07 Å². The lowest BCUT2D eigenvalue weighted by molar-refractivity contribution is -0.141. The van der Waals surface area contributed by atoms with E-state index in [1.54, 1.807) is 13.8 Å². The standard InChI is InChI=1S/C11H18F3N5O/c1-9(2,10(3,4)20)18-7-5-6(11(12,13)14)16-8(17-7)19-15/h5,20H,15H2,1-4H3,(H2,16,17,18,19). The van der Waals surface area contributed by atoms with Gasteiger partial charge in [0.25, 0.3) is 0 Å². The smallest absolute Gasteiger partial charge is 0.388 e. The fourth-order valence-corrected chi connectivity index (χ4v) is 1.19. The van der Waals surface area contributed by atoms with Crippen molar-refractivity contribution in [3.8, 4) is 0 Å². The molecule has 0 saturated carbocycles. The zero-order valence-corrected chi connectivity index (χ0v) is 11.6. The zero-order chi connectivity index (χ0) is 15.8. The van der Waals surface area contributed by atoms with E-state index in [9.17, 15) is 18.3 Å². The van der Waals surface area contributed by atoms with Gasteiger partial charge in [-0.1, -0.05) is 0 Å². The van der Waals surface area contributed by atoms with Crippen LogP contribution in [0.15, 0.2) is 6.07 Å². The van der Waals surface area contributed by atoms with Crippen molar-refractivity contribution in [3.05, 3.63) is 11.8 Å². The zero-order valence-electron chi connectivity index (χ0n) is 11.6. The van der Waals surface area contributed by atoms with E-state index >= 15 is 0 Å².